The second kappa shape index (κ2) is 10.9. The van der Waals surface area contributed by atoms with Gasteiger partial charge in [0.1, 0.15) is 0 Å². The van der Waals surface area contributed by atoms with E-state index in [-0.39, 0.29) is 29.1 Å². The van der Waals surface area contributed by atoms with Crippen LogP contribution in [-0.2, 0) is 16.6 Å². The lowest BCUT2D eigenvalue weighted by Gasteiger charge is -2.26. The maximum Gasteiger partial charge on any atom is 0.254 e. The minimum Gasteiger partial charge on any atom is -0.419 e. The van der Waals surface area contributed by atoms with Crippen molar-refractivity contribution >= 4 is 27.5 Å². The van der Waals surface area contributed by atoms with Gasteiger partial charge in [-0.2, -0.15) is 4.31 Å². The van der Waals surface area contributed by atoms with Crippen LogP contribution in [0.5, 0.6) is 0 Å². The van der Waals surface area contributed by atoms with Crippen molar-refractivity contribution in [1.82, 2.24) is 19.4 Å². The van der Waals surface area contributed by atoms with Crippen LogP contribution in [0.15, 0.2) is 51.8 Å². The molecule has 0 spiro atoms. The van der Waals surface area contributed by atoms with Gasteiger partial charge in [0.25, 0.3) is 5.91 Å². The molecule has 10 heteroatoms. The van der Waals surface area contributed by atoms with Crippen LogP contribution in [0.2, 0.25) is 5.02 Å². The first-order valence-corrected chi connectivity index (χ1v) is 13.6. The highest BCUT2D eigenvalue weighted by molar-refractivity contribution is 7.89. The summed E-state index contributed by atoms with van der Waals surface area (Å²) in [6.45, 7) is 5.33. The van der Waals surface area contributed by atoms with E-state index in [1.165, 1.54) is 10.4 Å². The zero-order chi connectivity index (χ0) is 25.0. The minimum absolute atomic E-state index is 0.104. The number of aromatic nitrogens is 2. The number of sulfonamides is 1. The lowest BCUT2D eigenvalue weighted by molar-refractivity contribution is 0.0727. The van der Waals surface area contributed by atoms with Gasteiger partial charge in [0.15, 0.2) is 0 Å². The van der Waals surface area contributed by atoms with Gasteiger partial charge in [-0.15, -0.1) is 10.2 Å². The van der Waals surface area contributed by atoms with Crippen molar-refractivity contribution in [1.29, 1.82) is 0 Å². The van der Waals surface area contributed by atoms with E-state index in [9.17, 15) is 13.2 Å². The molecule has 1 aromatic heterocycles. The summed E-state index contributed by atoms with van der Waals surface area (Å²) in [6.07, 6.45) is 3.44. The van der Waals surface area contributed by atoms with E-state index >= 15 is 0 Å². The van der Waals surface area contributed by atoms with Crippen LogP contribution >= 0.6 is 11.6 Å². The Morgan fingerprint density at radius 3 is 2.57 bits per heavy atom. The second-order valence-corrected chi connectivity index (χ2v) is 11.0. The standard InChI is InChI=1S/C25H29ClN4O4S/c1-3-13-29(17-23-27-28-24(34-23)20-9-5-6-10-22(20)26)25(31)21-16-19(12-11-18(21)2)35(32,33)30-14-7-4-8-15-30/h5-6,9-12,16H,3-4,7-8,13-15,17H2,1-2H3. The summed E-state index contributed by atoms with van der Waals surface area (Å²) in [5, 5.41) is 8.68. The number of halogens is 1. The van der Waals surface area contributed by atoms with Crippen LogP contribution in [0.25, 0.3) is 11.5 Å². The van der Waals surface area contributed by atoms with Crippen LogP contribution < -0.4 is 0 Å². The van der Waals surface area contributed by atoms with E-state index in [4.69, 9.17) is 16.0 Å². The molecule has 0 N–H and O–H groups in total. The van der Waals surface area contributed by atoms with E-state index in [1.54, 1.807) is 36.1 Å². The molecule has 1 aliphatic rings. The number of amides is 1. The third kappa shape index (κ3) is 5.58. The van der Waals surface area contributed by atoms with Crippen molar-refractivity contribution in [2.24, 2.45) is 0 Å². The normalized spacial score (nSPS) is 14.7. The summed E-state index contributed by atoms with van der Waals surface area (Å²) in [4.78, 5) is 15.3. The van der Waals surface area contributed by atoms with Crippen molar-refractivity contribution in [2.75, 3.05) is 19.6 Å². The molecule has 1 amide bonds. The van der Waals surface area contributed by atoms with Gasteiger partial charge in [0.05, 0.1) is 22.0 Å². The third-order valence-corrected chi connectivity index (χ3v) is 8.29. The van der Waals surface area contributed by atoms with Crippen molar-refractivity contribution in [3.05, 3.63) is 64.5 Å². The zero-order valence-electron chi connectivity index (χ0n) is 19.9. The lowest BCUT2D eigenvalue weighted by atomic mass is 10.1. The molecule has 8 nitrogen and oxygen atoms in total. The predicted octanol–water partition coefficient (Wildman–Crippen LogP) is 4.93. The molecule has 1 saturated heterocycles. The van der Waals surface area contributed by atoms with Gasteiger partial charge in [-0.25, -0.2) is 8.42 Å². The van der Waals surface area contributed by atoms with E-state index in [0.29, 0.717) is 47.8 Å². The summed E-state index contributed by atoms with van der Waals surface area (Å²) in [7, 11) is -3.65. The summed E-state index contributed by atoms with van der Waals surface area (Å²) in [5.74, 6) is 0.273. The van der Waals surface area contributed by atoms with Crippen LogP contribution in [0.4, 0.5) is 0 Å². The van der Waals surface area contributed by atoms with Gasteiger partial charge < -0.3 is 9.32 Å². The second-order valence-electron chi connectivity index (χ2n) is 8.65. The highest BCUT2D eigenvalue weighted by Gasteiger charge is 2.28. The van der Waals surface area contributed by atoms with E-state index < -0.39 is 10.0 Å². The highest BCUT2D eigenvalue weighted by Crippen LogP contribution is 2.27. The summed E-state index contributed by atoms with van der Waals surface area (Å²) >= 11 is 6.23. The summed E-state index contributed by atoms with van der Waals surface area (Å²) in [6, 6.07) is 11.9. The molecule has 2 aromatic carbocycles. The molecule has 0 aliphatic carbocycles. The molecular weight excluding hydrogens is 488 g/mol. The first-order valence-electron chi connectivity index (χ1n) is 11.8. The fraction of sp³-hybridized carbons (Fsp3) is 0.400. The van der Waals surface area contributed by atoms with Crippen LogP contribution in [-0.4, -0.2) is 53.4 Å². The molecule has 0 atom stereocenters. The number of carbonyl (C=O) groups excluding carboxylic acids is 1. The Morgan fingerprint density at radius 2 is 1.86 bits per heavy atom. The van der Waals surface area contributed by atoms with Gasteiger partial charge in [-0.05, 0) is 56.0 Å². The Hall–Kier alpha value is -2.75. The number of benzene rings is 2. The number of piperidine rings is 1. The molecule has 3 aromatic rings. The SMILES string of the molecule is CCCN(Cc1nnc(-c2ccccc2Cl)o1)C(=O)c1cc(S(=O)(=O)N2CCCCC2)ccc1C. The fourth-order valence-corrected chi connectivity index (χ4v) is 5.92. The molecular formula is C25H29ClN4O4S. The topological polar surface area (TPSA) is 96.6 Å². The average molecular weight is 517 g/mol. The third-order valence-electron chi connectivity index (χ3n) is 6.07. The van der Waals surface area contributed by atoms with Gasteiger partial charge >= 0.3 is 0 Å². The quantitative estimate of drug-likeness (QED) is 0.421. The van der Waals surface area contributed by atoms with E-state index in [2.05, 4.69) is 10.2 Å². The first kappa shape index (κ1) is 25.3. The van der Waals surface area contributed by atoms with Crippen molar-refractivity contribution < 1.29 is 17.6 Å². The predicted molar refractivity (Wildman–Crippen MR) is 134 cm³/mol. The molecule has 2 heterocycles. The monoisotopic (exact) mass is 516 g/mol. The smallest absolute Gasteiger partial charge is 0.254 e. The molecule has 1 aliphatic heterocycles. The molecule has 0 saturated carbocycles. The number of hydrogen-bond acceptors (Lipinski definition) is 6. The number of aryl methyl sites for hydroxylation is 1. The molecule has 1 fully saturated rings. The lowest BCUT2D eigenvalue weighted by Crippen LogP contribution is -2.36. The van der Waals surface area contributed by atoms with E-state index in [1.807, 2.05) is 19.1 Å². The minimum atomic E-state index is -3.65. The number of carbonyl (C=O) groups is 1. The number of nitrogens with zero attached hydrogens (tertiary/aromatic N) is 4. The van der Waals surface area contributed by atoms with Crippen LogP contribution in [0.3, 0.4) is 0 Å². The Balaban J connectivity index is 1.59. The van der Waals surface area contributed by atoms with Crippen LogP contribution in [0, 0.1) is 6.92 Å². The molecule has 0 bridgehead atoms. The maximum absolute atomic E-state index is 13.6. The zero-order valence-corrected chi connectivity index (χ0v) is 21.5. The first-order chi connectivity index (χ1) is 16.8. The summed E-state index contributed by atoms with van der Waals surface area (Å²) in [5.41, 5.74) is 1.67. The number of rotatable bonds is 8. The Morgan fingerprint density at radius 1 is 1.11 bits per heavy atom. The average Bonchev–Trinajstić information content (AvgIpc) is 3.32. The van der Waals surface area contributed by atoms with Crippen LogP contribution in [0.1, 0.15) is 54.4 Å². The van der Waals surface area contributed by atoms with Crippen molar-refractivity contribution in [3.63, 3.8) is 0 Å². The molecule has 0 radical (unpaired) electrons. The van der Waals surface area contributed by atoms with Crippen molar-refractivity contribution in [3.8, 4) is 11.5 Å². The Labute approximate surface area is 211 Å². The van der Waals surface area contributed by atoms with Gasteiger partial charge in [-0.1, -0.05) is 43.1 Å². The Bertz CT molecular complexity index is 1300. The van der Waals surface area contributed by atoms with Crippen molar-refractivity contribution in [2.45, 2.75) is 51.0 Å². The number of hydrogen-bond donors (Lipinski definition) is 0. The largest absolute Gasteiger partial charge is 0.419 e. The van der Waals surface area contributed by atoms with Gasteiger partial charge in [0, 0.05) is 25.2 Å². The maximum atomic E-state index is 13.6. The molecule has 4 rings (SSSR count). The summed E-state index contributed by atoms with van der Waals surface area (Å²) < 4.78 is 33.7. The molecule has 186 valence electrons. The fourth-order valence-electron chi connectivity index (χ4n) is 4.16. The van der Waals surface area contributed by atoms with E-state index in [0.717, 1.165) is 19.3 Å². The molecule has 0 unspecified atom stereocenters. The molecule has 35 heavy (non-hydrogen) atoms. The van der Waals surface area contributed by atoms with Gasteiger partial charge in [0.2, 0.25) is 21.8 Å². The Kier molecular flexibility index (Phi) is 7.88. The van der Waals surface area contributed by atoms with Gasteiger partial charge in [-0.3, -0.25) is 4.79 Å². The highest BCUT2D eigenvalue weighted by atomic mass is 35.5.